The summed E-state index contributed by atoms with van der Waals surface area (Å²) >= 11 is 0. The van der Waals surface area contributed by atoms with E-state index in [1.165, 1.54) is 6.20 Å². The fourth-order valence-corrected chi connectivity index (χ4v) is 0.371. The summed E-state index contributed by atoms with van der Waals surface area (Å²) in [5.41, 5.74) is 0. The van der Waals surface area contributed by atoms with E-state index in [1.807, 2.05) is 0 Å². The summed E-state index contributed by atoms with van der Waals surface area (Å²) in [6.45, 7) is 1.79. The Morgan fingerprint density at radius 3 is 2.25 bits per heavy atom. The van der Waals surface area contributed by atoms with E-state index in [-0.39, 0.29) is 5.83 Å². The summed E-state index contributed by atoms with van der Waals surface area (Å²) in [6, 6.07) is 0. The predicted molar refractivity (Wildman–Crippen MR) is 33.2 cm³/mol. The van der Waals surface area contributed by atoms with Gasteiger partial charge in [-0.05, 0) is 6.42 Å². The van der Waals surface area contributed by atoms with Gasteiger partial charge in [0.25, 0.3) is 0 Å². The molecule has 48 valence electrons. The van der Waals surface area contributed by atoms with Crippen molar-refractivity contribution in [3.63, 3.8) is 0 Å². The Labute approximate surface area is 49.8 Å². The molecule has 0 spiro atoms. The van der Waals surface area contributed by atoms with Crippen LogP contribution in [-0.2, 0) is 0 Å². The van der Waals surface area contributed by atoms with Crippen LogP contribution in [0.2, 0.25) is 0 Å². The van der Waals surface area contributed by atoms with E-state index in [0.717, 1.165) is 0 Å². The second-order valence-corrected chi connectivity index (χ2v) is 1.89. The van der Waals surface area contributed by atoms with Gasteiger partial charge in [0.05, 0.1) is 0 Å². The fraction of sp³-hybridized carbons (Fsp3) is 0.667. The summed E-state index contributed by atoms with van der Waals surface area (Å²) in [5.74, 6) is -0.0741. The maximum Gasteiger partial charge on any atom is 0.115 e. The zero-order chi connectivity index (χ0) is 6.57. The van der Waals surface area contributed by atoms with Crippen LogP contribution in [0.25, 0.3) is 0 Å². The summed E-state index contributed by atoms with van der Waals surface area (Å²) in [6.07, 6.45) is 1.96. The highest BCUT2D eigenvalue weighted by molar-refractivity contribution is 4.87. The van der Waals surface area contributed by atoms with Crippen molar-refractivity contribution in [3.05, 3.63) is 12.0 Å². The van der Waals surface area contributed by atoms with Gasteiger partial charge in [-0.15, -0.1) is 0 Å². The van der Waals surface area contributed by atoms with Gasteiger partial charge in [0.1, 0.15) is 5.83 Å². The van der Waals surface area contributed by atoms with Crippen molar-refractivity contribution in [1.82, 2.24) is 4.90 Å². The lowest BCUT2D eigenvalue weighted by atomic mass is 10.4. The van der Waals surface area contributed by atoms with E-state index < -0.39 is 0 Å². The van der Waals surface area contributed by atoms with Gasteiger partial charge in [0.15, 0.2) is 0 Å². The number of rotatable bonds is 2. The molecule has 0 aliphatic carbocycles. The van der Waals surface area contributed by atoms with Crippen LogP contribution in [0, 0.1) is 0 Å². The molecule has 2 heteroatoms. The Balaban J connectivity index is 3.56. The minimum absolute atomic E-state index is 0.0741. The molecule has 0 heterocycles. The number of hydrogen-bond donors (Lipinski definition) is 0. The SMILES string of the molecule is CCC(F)=CN(C)C. The first-order valence-corrected chi connectivity index (χ1v) is 2.69. The van der Waals surface area contributed by atoms with E-state index in [4.69, 9.17) is 0 Å². The van der Waals surface area contributed by atoms with Gasteiger partial charge in [-0.1, -0.05) is 6.92 Å². The van der Waals surface area contributed by atoms with Crippen LogP contribution >= 0.6 is 0 Å². The molecule has 0 radical (unpaired) electrons. The van der Waals surface area contributed by atoms with E-state index in [0.29, 0.717) is 6.42 Å². The Bertz CT molecular complexity index is 86.5. The number of nitrogens with zero attached hydrogens (tertiary/aromatic N) is 1. The average molecular weight is 117 g/mol. The minimum atomic E-state index is -0.0741. The van der Waals surface area contributed by atoms with E-state index >= 15 is 0 Å². The highest BCUT2D eigenvalue weighted by atomic mass is 19.1. The predicted octanol–water partition coefficient (Wildman–Crippen LogP) is 1.77. The minimum Gasteiger partial charge on any atom is -0.381 e. The summed E-state index contributed by atoms with van der Waals surface area (Å²) < 4.78 is 12.2. The fourth-order valence-electron chi connectivity index (χ4n) is 0.371. The first-order valence-electron chi connectivity index (χ1n) is 2.69. The lowest BCUT2D eigenvalue weighted by Gasteiger charge is -2.02. The normalized spacial score (nSPS) is 11.8. The van der Waals surface area contributed by atoms with Gasteiger partial charge < -0.3 is 4.90 Å². The first kappa shape index (κ1) is 7.47. The van der Waals surface area contributed by atoms with Gasteiger partial charge >= 0.3 is 0 Å². The molecule has 0 atom stereocenters. The van der Waals surface area contributed by atoms with Gasteiger partial charge in [0, 0.05) is 20.3 Å². The average Bonchev–Trinajstić information content (AvgIpc) is 1.65. The van der Waals surface area contributed by atoms with Gasteiger partial charge in [-0.25, -0.2) is 4.39 Å². The van der Waals surface area contributed by atoms with Gasteiger partial charge in [-0.2, -0.15) is 0 Å². The standard InChI is InChI=1S/C6H12FN/c1-4-6(7)5-8(2)3/h5H,4H2,1-3H3. The molecule has 0 fully saturated rings. The molecule has 0 aliphatic rings. The second-order valence-electron chi connectivity index (χ2n) is 1.89. The molecule has 0 saturated heterocycles. The maximum atomic E-state index is 12.2. The molecule has 0 aliphatic heterocycles. The van der Waals surface area contributed by atoms with Crippen LogP contribution < -0.4 is 0 Å². The Morgan fingerprint density at radius 1 is 1.62 bits per heavy atom. The third-order valence-corrected chi connectivity index (χ3v) is 0.736. The zero-order valence-corrected chi connectivity index (χ0v) is 5.61. The van der Waals surface area contributed by atoms with Crippen molar-refractivity contribution < 1.29 is 4.39 Å². The van der Waals surface area contributed by atoms with Gasteiger partial charge in [0.2, 0.25) is 0 Å². The third kappa shape index (κ3) is 3.65. The number of hydrogen-bond acceptors (Lipinski definition) is 1. The molecule has 0 rings (SSSR count). The molecular formula is C6H12FN. The van der Waals surface area contributed by atoms with Crippen molar-refractivity contribution in [2.75, 3.05) is 14.1 Å². The molecule has 1 nitrogen and oxygen atoms in total. The van der Waals surface area contributed by atoms with Crippen LogP contribution in [-0.4, -0.2) is 19.0 Å². The van der Waals surface area contributed by atoms with Crippen LogP contribution in [0.4, 0.5) is 4.39 Å². The van der Waals surface area contributed by atoms with Crippen molar-refractivity contribution in [2.45, 2.75) is 13.3 Å². The van der Waals surface area contributed by atoms with Crippen LogP contribution in [0.3, 0.4) is 0 Å². The van der Waals surface area contributed by atoms with E-state index in [9.17, 15) is 4.39 Å². The van der Waals surface area contributed by atoms with Crippen molar-refractivity contribution in [1.29, 1.82) is 0 Å². The monoisotopic (exact) mass is 117 g/mol. The summed E-state index contributed by atoms with van der Waals surface area (Å²) in [4.78, 5) is 1.69. The molecule has 8 heavy (non-hydrogen) atoms. The van der Waals surface area contributed by atoms with Crippen LogP contribution in [0.5, 0.6) is 0 Å². The summed E-state index contributed by atoms with van der Waals surface area (Å²) in [7, 11) is 3.60. The number of halogens is 1. The molecule has 0 amide bonds. The molecule has 0 aromatic heterocycles. The molecule has 0 aromatic carbocycles. The van der Waals surface area contributed by atoms with Gasteiger partial charge in [-0.3, -0.25) is 0 Å². The van der Waals surface area contributed by atoms with Crippen molar-refractivity contribution in [2.24, 2.45) is 0 Å². The van der Waals surface area contributed by atoms with E-state index in [2.05, 4.69) is 0 Å². The molecule has 0 N–H and O–H groups in total. The molecular weight excluding hydrogens is 105 g/mol. The van der Waals surface area contributed by atoms with Crippen LogP contribution in [0.1, 0.15) is 13.3 Å². The largest absolute Gasteiger partial charge is 0.381 e. The second kappa shape index (κ2) is 3.47. The Morgan fingerprint density at radius 2 is 2.12 bits per heavy atom. The summed E-state index contributed by atoms with van der Waals surface area (Å²) in [5, 5.41) is 0. The smallest absolute Gasteiger partial charge is 0.115 e. The third-order valence-electron chi connectivity index (χ3n) is 0.736. The molecule has 0 unspecified atom stereocenters. The lowest BCUT2D eigenvalue weighted by Crippen LogP contribution is -2.01. The maximum absolute atomic E-state index is 12.2. The Hall–Kier alpha value is -0.530. The molecule has 0 saturated carbocycles. The van der Waals surface area contributed by atoms with Crippen LogP contribution in [0.15, 0.2) is 12.0 Å². The molecule has 0 aromatic rings. The van der Waals surface area contributed by atoms with Crippen molar-refractivity contribution >= 4 is 0 Å². The van der Waals surface area contributed by atoms with Crippen molar-refractivity contribution in [3.8, 4) is 0 Å². The molecule has 0 bridgehead atoms. The topological polar surface area (TPSA) is 3.24 Å². The highest BCUT2D eigenvalue weighted by Crippen LogP contribution is 2.00. The Kier molecular flexibility index (Phi) is 3.24. The number of allylic oxidation sites excluding steroid dienone is 1. The lowest BCUT2D eigenvalue weighted by molar-refractivity contribution is 0.508. The quantitative estimate of drug-likeness (QED) is 0.532. The highest BCUT2D eigenvalue weighted by Gasteiger charge is 1.86. The zero-order valence-electron chi connectivity index (χ0n) is 5.61. The van der Waals surface area contributed by atoms with E-state index in [1.54, 1.807) is 25.9 Å². The first-order chi connectivity index (χ1) is 3.66.